The van der Waals surface area contributed by atoms with Crippen molar-refractivity contribution in [3.05, 3.63) is 35.6 Å². The molecule has 0 saturated heterocycles. The molecular formula is C16H21FO. The van der Waals surface area contributed by atoms with Crippen LogP contribution >= 0.6 is 0 Å². The quantitative estimate of drug-likeness (QED) is 0.790. The normalized spacial score (nSPS) is 24.6. The summed E-state index contributed by atoms with van der Waals surface area (Å²) in [5.41, 5.74) is 0.942. The maximum Gasteiger partial charge on any atom is 0.136 e. The second-order valence-electron chi connectivity index (χ2n) is 5.78. The fraction of sp³-hybridized carbons (Fsp3) is 0.562. The van der Waals surface area contributed by atoms with Gasteiger partial charge in [-0.15, -0.1) is 0 Å². The predicted octanol–water partition coefficient (Wildman–Crippen LogP) is 4.01. The molecule has 1 saturated carbocycles. The Kier molecular flexibility index (Phi) is 4.15. The van der Waals surface area contributed by atoms with Crippen LogP contribution in [0.2, 0.25) is 0 Å². The maximum absolute atomic E-state index is 13.1. The van der Waals surface area contributed by atoms with E-state index in [9.17, 15) is 9.18 Å². The van der Waals surface area contributed by atoms with Crippen LogP contribution in [0.1, 0.15) is 38.7 Å². The van der Waals surface area contributed by atoms with Crippen molar-refractivity contribution in [1.29, 1.82) is 0 Å². The summed E-state index contributed by atoms with van der Waals surface area (Å²) in [5, 5.41) is 0. The molecule has 0 aliphatic heterocycles. The molecule has 98 valence electrons. The number of hydrogen-bond acceptors (Lipinski definition) is 1. The number of halogens is 1. The number of ketones is 1. The Morgan fingerprint density at radius 1 is 1.39 bits per heavy atom. The van der Waals surface area contributed by atoms with Crippen LogP contribution in [0.4, 0.5) is 4.39 Å². The molecule has 1 nitrogen and oxygen atoms in total. The number of rotatable bonds is 3. The fourth-order valence-electron chi connectivity index (χ4n) is 2.90. The van der Waals surface area contributed by atoms with E-state index >= 15 is 0 Å². The SMILES string of the molecule is CC(C)C1CCC(=O)C(Cc2cccc(F)c2)C1. The molecule has 0 N–H and O–H groups in total. The first kappa shape index (κ1) is 13.3. The van der Waals surface area contributed by atoms with Crippen molar-refractivity contribution in [2.24, 2.45) is 17.8 Å². The molecule has 0 heterocycles. The third-order valence-corrected chi connectivity index (χ3v) is 4.12. The van der Waals surface area contributed by atoms with Gasteiger partial charge in [0.25, 0.3) is 0 Å². The standard InChI is InChI=1S/C16H21FO/c1-11(2)13-6-7-16(18)14(10-13)8-12-4-3-5-15(17)9-12/h3-5,9,11,13-14H,6-8,10H2,1-2H3. The Labute approximate surface area is 108 Å². The molecule has 1 aliphatic rings. The average Bonchev–Trinajstić information content (AvgIpc) is 2.31. The van der Waals surface area contributed by atoms with Crippen LogP contribution in [0.25, 0.3) is 0 Å². The Bertz CT molecular complexity index is 425. The lowest BCUT2D eigenvalue weighted by Gasteiger charge is -2.30. The lowest BCUT2D eigenvalue weighted by Crippen LogP contribution is -2.28. The molecule has 18 heavy (non-hydrogen) atoms. The van der Waals surface area contributed by atoms with Gasteiger partial charge in [-0.3, -0.25) is 4.79 Å². The lowest BCUT2D eigenvalue weighted by atomic mass is 9.73. The lowest BCUT2D eigenvalue weighted by molar-refractivity contribution is -0.125. The van der Waals surface area contributed by atoms with Crippen molar-refractivity contribution in [3.63, 3.8) is 0 Å². The third kappa shape index (κ3) is 3.18. The zero-order chi connectivity index (χ0) is 13.1. The molecule has 0 aromatic heterocycles. The summed E-state index contributed by atoms with van der Waals surface area (Å²) < 4.78 is 13.1. The molecule has 0 spiro atoms. The molecule has 2 unspecified atom stereocenters. The molecule has 2 atom stereocenters. The highest BCUT2D eigenvalue weighted by Crippen LogP contribution is 2.33. The minimum Gasteiger partial charge on any atom is -0.299 e. The second kappa shape index (κ2) is 5.64. The molecule has 2 rings (SSSR count). The molecule has 0 bridgehead atoms. The van der Waals surface area contributed by atoms with Gasteiger partial charge in [-0.2, -0.15) is 0 Å². The largest absolute Gasteiger partial charge is 0.299 e. The Balaban J connectivity index is 2.05. The molecule has 1 aromatic rings. The second-order valence-corrected chi connectivity index (χ2v) is 5.78. The van der Waals surface area contributed by atoms with Gasteiger partial charge >= 0.3 is 0 Å². The number of carbonyl (C=O) groups excluding carboxylic acids is 1. The van der Waals surface area contributed by atoms with Crippen molar-refractivity contribution < 1.29 is 9.18 Å². The zero-order valence-corrected chi connectivity index (χ0v) is 11.2. The molecule has 1 aliphatic carbocycles. The smallest absolute Gasteiger partial charge is 0.136 e. The van der Waals surface area contributed by atoms with E-state index in [0.717, 1.165) is 18.4 Å². The van der Waals surface area contributed by atoms with E-state index in [-0.39, 0.29) is 11.7 Å². The molecule has 1 aromatic carbocycles. The van der Waals surface area contributed by atoms with E-state index < -0.39 is 0 Å². The Hall–Kier alpha value is -1.18. The minimum absolute atomic E-state index is 0.0907. The van der Waals surface area contributed by atoms with E-state index in [2.05, 4.69) is 13.8 Å². The van der Waals surface area contributed by atoms with Gasteiger partial charge in [-0.05, 0) is 48.8 Å². The van der Waals surface area contributed by atoms with Gasteiger partial charge in [-0.1, -0.05) is 26.0 Å². The summed E-state index contributed by atoms with van der Waals surface area (Å²) in [6.45, 7) is 4.44. The monoisotopic (exact) mass is 248 g/mol. The van der Waals surface area contributed by atoms with E-state index in [1.54, 1.807) is 12.1 Å². The first-order valence-electron chi connectivity index (χ1n) is 6.83. The van der Waals surface area contributed by atoms with E-state index in [0.29, 0.717) is 30.5 Å². The first-order valence-corrected chi connectivity index (χ1v) is 6.83. The van der Waals surface area contributed by atoms with E-state index in [4.69, 9.17) is 0 Å². The first-order chi connectivity index (χ1) is 8.56. The summed E-state index contributed by atoms with van der Waals surface area (Å²) >= 11 is 0. The van der Waals surface area contributed by atoms with Gasteiger partial charge in [0.05, 0.1) is 0 Å². The van der Waals surface area contributed by atoms with Gasteiger partial charge < -0.3 is 0 Å². The fourth-order valence-corrected chi connectivity index (χ4v) is 2.90. The van der Waals surface area contributed by atoms with Crippen LogP contribution < -0.4 is 0 Å². The van der Waals surface area contributed by atoms with Crippen LogP contribution in [0.5, 0.6) is 0 Å². The Morgan fingerprint density at radius 3 is 2.83 bits per heavy atom. The zero-order valence-electron chi connectivity index (χ0n) is 11.2. The topological polar surface area (TPSA) is 17.1 Å². The summed E-state index contributed by atoms with van der Waals surface area (Å²) in [6, 6.07) is 6.63. The summed E-state index contributed by atoms with van der Waals surface area (Å²) in [4.78, 5) is 12.0. The summed E-state index contributed by atoms with van der Waals surface area (Å²) in [7, 11) is 0. The van der Waals surface area contributed by atoms with Crippen LogP contribution in [0, 0.1) is 23.6 Å². The van der Waals surface area contributed by atoms with Crippen LogP contribution in [0.15, 0.2) is 24.3 Å². The van der Waals surface area contributed by atoms with E-state index in [1.807, 2.05) is 6.07 Å². The minimum atomic E-state index is -0.212. The molecule has 0 amide bonds. The highest BCUT2D eigenvalue weighted by atomic mass is 19.1. The molecule has 1 fully saturated rings. The van der Waals surface area contributed by atoms with Crippen molar-refractivity contribution >= 4 is 5.78 Å². The summed E-state index contributed by atoms with van der Waals surface area (Å²) in [6.07, 6.45) is 3.38. The number of Topliss-reactive ketones (excluding diaryl/α,β-unsaturated/α-hetero) is 1. The molecule has 2 heteroatoms. The van der Waals surface area contributed by atoms with Gasteiger partial charge in [0.2, 0.25) is 0 Å². The van der Waals surface area contributed by atoms with Crippen molar-refractivity contribution in [1.82, 2.24) is 0 Å². The van der Waals surface area contributed by atoms with Gasteiger partial charge in [-0.25, -0.2) is 4.39 Å². The number of benzene rings is 1. The third-order valence-electron chi connectivity index (χ3n) is 4.12. The van der Waals surface area contributed by atoms with Crippen molar-refractivity contribution in [3.8, 4) is 0 Å². The maximum atomic E-state index is 13.1. The van der Waals surface area contributed by atoms with Gasteiger partial charge in [0, 0.05) is 12.3 Å². The average molecular weight is 248 g/mol. The van der Waals surface area contributed by atoms with Crippen molar-refractivity contribution in [2.45, 2.75) is 39.5 Å². The van der Waals surface area contributed by atoms with Crippen LogP contribution in [-0.4, -0.2) is 5.78 Å². The molecule has 0 radical (unpaired) electrons. The number of hydrogen-bond donors (Lipinski definition) is 0. The van der Waals surface area contributed by atoms with E-state index in [1.165, 1.54) is 6.07 Å². The Morgan fingerprint density at radius 2 is 2.17 bits per heavy atom. The summed E-state index contributed by atoms with van der Waals surface area (Å²) in [5.74, 6) is 1.51. The van der Waals surface area contributed by atoms with Gasteiger partial charge in [0.15, 0.2) is 0 Å². The predicted molar refractivity (Wildman–Crippen MR) is 70.8 cm³/mol. The van der Waals surface area contributed by atoms with Crippen LogP contribution in [-0.2, 0) is 11.2 Å². The van der Waals surface area contributed by atoms with Gasteiger partial charge in [0.1, 0.15) is 11.6 Å². The number of carbonyl (C=O) groups is 1. The highest BCUT2D eigenvalue weighted by molar-refractivity contribution is 5.82. The molecular weight excluding hydrogens is 227 g/mol. The van der Waals surface area contributed by atoms with Crippen molar-refractivity contribution in [2.75, 3.05) is 0 Å². The highest BCUT2D eigenvalue weighted by Gasteiger charge is 2.30. The van der Waals surface area contributed by atoms with Crippen LogP contribution in [0.3, 0.4) is 0 Å².